The van der Waals surface area contributed by atoms with Gasteiger partial charge in [0.1, 0.15) is 18.8 Å². The highest BCUT2D eigenvalue weighted by Crippen LogP contribution is 2.21. The molecule has 0 aliphatic carbocycles. The van der Waals surface area contributed by atoms with Crippen molar-refractivity contribution in [1.82, 2.24) is 0 Å². The first kappa shape index (κ1) is 23.6. The van der Waals surface area contributed by atoms with Gasteiger partial charge >= 0.3 is 5.97 Å². The third kappa shape index (κ3) is 6.64. The van der Waals surface area contributed by atoms with Gasteiger partial charge in [-0.05, 0) is 57.7 Å². The van der Waals surface area contributed by atoms with Crippen LogP contribution in [0.25, 0.3) is 0 Å². The second-order valence-corrected chi connectivity index (χ2v) is 7.06. The van der Waals surface area contributed by atoms with E-state index in [1.807, 2.05) is 52.0 Å². The molecule has 28 heavy (non-hydrogen) atoms. The minimum Gasteiger partial charge on any atom is -0.494 e. The molecule has 1 aromatic carbocycles. The summed E-state index contributed by atoms with van der Waals surface area (Å²) >= 11 is 0. The van der Waals surface area contributed by atoms with Gasteiger partial charge in [-0.25, -0.2) is 4.79 Å². The van der Waals surface area contributed by atoms with Crippen LogP contribution in [0.2, 0.25) is 0 Å². The Hall–Kier alpha value is -2.40. The van der Waals surface area contributed by atoms with E-state index in [9.17, 15) is 9.59 Å². The third-order valence-corrected chi connectivity index (χ3v) is 4.69. The quantitative estimate of drug-likeness (QED) is 0.178. The molecule has 0 spiro atoms. The Kier molecular flexibility index (Phi) is 9.13. The molecular formula is C23H32O5. The van der Waals surface area contributed by atoms with Crippen molar-refractivity contribution < 1.29 is 23.8 Å². The lowest BCUT2D eigenvalue weighted by Gasteiger charge is -2.26. The Bertz CT molecular complexity index is 726. The fourth-order valence-corrected chi connectivity index (χ4v) is 2.36. The highest BCUT2D eigenvalue weighted by atomic mass is 16.5. The lowest BCUT2D eigenvalue weighted by atomic mass is 9.92. The van der Waals surface area contributed by atoms with Crippen LogP contribution < -0.4 is 0 Å². The summed E-state index contributed by atoms with van der Waals surface area (Å²) < 4.78 is 16.4. The molecule has 0 aliphatic heterocycles. The zero-order valence-corrected chi connectivity index (χ0v) is 17.9. The number of carbonyl (C=O) groups is 2. The summed E-state index contributed by atoms with van der Waals surface area (Å²) in [5.74, 6) is -0.257. The van der Waals surface area contributed by atoms with Crippen LogP contribution in [0.5, 0.6) is 0 Å². The third-order valence-electron chi connectivity index (χ3n) is 4.69. The van der Waals surface area contributed by atoms with Gasteiger partial charge in [0.2, 0.25) is 5.78 Å². The Morgan fingerprint density at radius 2 is 1.46 bits per heavy atom. The summed E-state index contributed by atoms with van der Waals surface area (Å²) in [6.45, 7) is 15.8. The molecule has 0 bridgehead atoms. The number of hydrogen-bond donors (Lipinski definition) is 0. The molecule has 1 unspecified atom stereocenters. The summed E-state index contributed by atoms with van der Waals surface area (Å²) in [4.78, 5) is 24.7. The molecule has 5 heteroatoms. The zero-order chi connectivity index (χ0) is 21.3. The largest absolute Gasteiger partial charge is 0.494 e. The molecule has 0 saturated heterocycles. The molecule has 5 nitrogen and oxygen atoms in total. The van der Waals surface area contributed by atoms with Crippen LogP contribution >= 0.6 is 0 Å². The SMILES string of the molecule is C=C(C(=O)OCc1ccc(COC(C)=C(C)C)cc1)C(=O)C(C)(CC)OCC. The molecular weight excluding hydrogens is 356 g/mol. The van der Waals surface area contributed by atoms with Gasteiger partial charge in [0, 0.05) is 6.61 Å². The summed E-state index contributed by atoms with van der Waals surface area (Å²) in [7, 11) is 0. The van der Waals surface area contributed by atoms with E-state index in [2.05, 4.69) is 6.58 Å². The molecule has 1 atom stereocenters. The molecule has 154 valence electrons. The molecule has 0 radical (unpaired) electrons. The van der Waals surface area contributed by atoms with Crippen molar-refractivity contribution in [2.75, 3.05) is 6.61 Å². The van der Waals surface area contributed by atoms with Crippen LogP contribution in [0.3, 0.4) is 0 Å². The van der Waals surface area contributed by atoms with Crippen LogP contribution in [-0.4, -0.2) is 24.0 Å². The van der Waals surface area contributed by atoms with Gasteiger partial charge in [-0.3, -0.25) is 4.79 Å². The summed E-state index contributed by atoms with van der Waals surface area (Å²) in [6.07, 6.45) is 0.446. The maximum Gasteiger partial charge on any atom is 0.341 e. The van der Waals surface area contributed by atoms with E-state index in [0.29, 0.717) is 19.6 Å². The van der Waals surface area contributed by atoms with Crippen molar-refractivity contribution in [2.45, 2.75) is 66.8 Å². The molecule has 0 aromatic heterocycles. The Morgan fingerprint density at radius 3 is 1.89 bits per heavy atom. The van der Waals surface area contributed by atoms with Crippen LogP contribution in [0, 0.1) is 0 Å². The van der Waals surface area contributed by atoms with Gasteiger partial charge in [0.15, 0.2) is 0 Å². The summed E-state index contributed by atoms with van der Waals surface area (Å²) in [5.41, 5.74) is 1.72. The maximum absolute atomic E-state index is 12.5. The second kappa shape index (κ2) is 10.8. The smallest absolute Gasteiger partial charge is 0.341 e. The predicted octanol–water partition coefficient (Wildman–Crippen LogP) is 4.89. The first-order chi connectivity index (χ1) is 13.1. The van der Waals surface area contributed by atoms with Crippen LogP contribution in [0.4, 0.5) is 0 Å². The first-order valence-corrected chi connectivity index (χ1v) is 9.54. The van der Waals surface area contributed by atoms with Gasteiger partial charge < -0.3 is 14.2 Å². The average Bonchev–Trinajstić information content (AvgIpc) is 2.69. The lowest BCUT2D eigenvalue weighted by Crippen LogP contribution is -2.40. The number of esters is 1. The summed E-state index contributed by atoms with van der Waals surface area (Å²) in [5, 5.41) is 0. The molecule has 1 aromatic rings. The predicted molar refractivity (Wildman–Crippen MR) is 110 cm³/mol. The van der Waals surface area contributed by atoms with Gasteiger partial charge in [-0.15, -0.1) is 0 Å². The van der Waals surface area contributed by atoms with E-state index in [4.69, 9.17) is 14.2 Å². The standard InChI is InChI=1S/C23H32O5/c1-8-23(7,28-9-2)21(24)17(5)22(25)27-15-20-12-10-19(11-13-20)14-26-18(6)16(3)4/h10-13H,5,8-9,14-15H2,1-4,6-7H3. The molecule has 0 amide bonds. The fourth-order valence-electron chi connectivity index (χ4n) is 2.36. The topological polar surface area (TPSA) is 61.8 Å². The number of benzene rings is 1. The Morgan fingerprint density at radius 1 is 0.964 bits per heavy atom. The van der Waals surface area contributed by atoms with Gasteiger partial charge in [0.25, 0.3) is 0 Å². The molecule has 0 aliphatic rings. The molecule has 0 fully saturated rings. The van der Waals surface area contributed by atoms with E-state index in [1.54, 1.807) is 13.8 Å². The number of Topliss-reactive ketones (excluding diaryl/α,β-unsaturated/α-hetero) is 1. The number of hydrogen-bond acceptors (Lipinski definition) is 5. The van der Waals surface area contributed by atoms with Crippen molar-refractivity contribution >= 4 is 11.8 Å². The zero-order valence-electron chi connectivity index (χ0n) is 17.9. The normalized spacial score (nSPS) is 12.6. The van der Waals surface area contributed by atoms with E-state index in [1.165, 1.54) is 0 Å². The molecule has 0 N–H and O–H groups in total. The maximum atomic E-state index is 12.5. The average molecular weight is 389 g/mol. The van der Waals surface area contributed by atoms with Crippen LogP contribution in [-0.2, 0) is 37.0 Å². The van der Waals surface area contributed by atoms with Gasteiger partial charge in [-0.1, -0.05) is 37.8 Å². The van der Waals surface area contributed by atoms with Crippen molar-refractivity contribution in [3.63, 3.8) is 0 Å². The summed E-state index contributed by atoms with van der Waals surface area (Å²) in [6, 6.07) is 7.57. The van der Waals surface area contributed by atoms with Gasteiger partial charge in [0.05, 0.1) is 11.3 Å². The second-order valence-electron chi connectivity index (χ2n) is 7.06. The van der Waals surface area contributed by atoms with Crippen molar-refractivity contribution in [2.24, 2.45) is 0 Å². The van der Waals surface area contributed by atoms with Gasteiger partial charge in [-0.2, -0.15) is 0 Å². The molecule has 0 saturated carbocycles. The van der Waals surface area contributed by atoms with E-state index < -0.39 is 17.4 Å². The minimum absolute atomic E-state index is 0.0662. The molecule has 0 heterocycles. The van der Waals surface area contributed by atoms with Crippen LogP contribution in [0.15, 0.2) is 47.7 Å². The first-order valence-electron chi connectivity index (χ1n) is 9.54. The van der Waals surface area contributed by atoms with Crippen molar-refractivity contribution in [3.05, 3.63) is 58.9 Å². The number of carbonyl (C=O) groups excluding carboxylic acids is 2. The lowest BCUT2D eigenvalue weighted by molar-refractivity contribution is -0.147. The van der Waals surface area contributed by atoms with Crippen molar-refractivity contribution in [1.29, 1.82) is 0 Å². The highest BCUT2D eigenvalue weighted by molar-refractivity contribution is 6.19. The van der Waals surface area contributed by atoms with Crippen molar-refractivity contribution in [3.8, 4) is 0 Å². The number of allylic oxidation sites excluding steroid dienone is 2. The van der Waals surface area contributed by atoms with Crippen LogP contribution in [0.1, 0.15) is 59.1 Å². The minimum atomic E-state index is -1.06. The number of rotatable bonds is 11. The van der Waals surface area contributed by atoms with E-state index in [-0.39, 0.29) is 12.2 Å². The fraction of sp³-hybridized carbons (Fsp3) is 0.478. The number of ketones is 1. The molecule has 1 rings (SSSR count). The number of ether oxygens (including phenoxy) is 3. The van der Waals surface area contributed by atoms with E-state index >= 15 is 0 Å². The highest BCUT2D eigenvalue weighted by Gasteiger charge is 2.36. The Balaban J connectivity index is 2.61. The monoisotopic (exact) mass is 388 g/mol. The van der Waals surface area contributed by atoms with E-state index in [0.717, 1.165) is 22.5 Å². The Labute approximate surface area is 168 Å².